The number of hydrogen-bond donors (Lipinski definition) is 0. The molecule has 2 aromatic rings. The van der Waals surface area contributed by atoms with E-state index in [2.05, 4.69) is 106 Å². The molecule has 0 saturated carbocycles. The van der Waals surface area contributed by atoms with Crippen molar-refractivity contribution >= 4 is 34.0 Å². The summed E-state index contributed by atoms with van der Waals surface area (Å²) in [6, 6.07) is 22.0. The van der Waals surface area contributed by atoms with E-state index in [1.165, 1.54) is 10.6 Å². The summed E-state index contributed by atoms with van der Waals surface area (Å²) in [5.74, 6) is 2.67. The van der Waals surface area contributed by atoms with Crippen LogP contribution in [0.15, 0.2) is 65.1 Å². The van der Waals surface area contributed by atoms with Gasteiger partial charge in [0.05, 0.1) is 0 Å². The summed E-state index contributed by atoms with van der Waals surface area (Å²) in [6.45, 7) is 14.3. The van der Waals surface area contributed by atoms with Gasteiger partial charge >= 0.3 is 18.9 Å². The quantitative estimate of drug-likeness (QED) is 0.439. The Morgan fingerprint density at radius 2 is 1.08 bits per heavy atom. The van der Waals surface area contributed by atoms with E-state index in [1.54, 1.807) is 0 Å². The van der Waals surface area contributed by atoms with E-state index >= 15 is 0 Å². The smallest absolute Gasteiger partial charge is 0.359 e. The zero-order chi connectivity index (χ0) is 17.1. The Kier molecular flexibility index (Phi) is 7.60. The van der Waals surface area contributed by atoms with Crippen LogP contribution in [-0.2, 0) is 0 Å². The molecule has 0 unspecified atom stereocenters. The minimum Gasteiger partial charge on any atom is -0.359 e. The molecule has 0 bridgehead atoms. The van der Waals surface area contributed by atoms with Gasteiger partial charge < -0.3 is 4.41 Å². The second-order valence-electron chi connectivity index (χ2n) is 8.12. The summed E-state index contributed by atoms with van der Waals surface area (Å²) >= 11 is 0. The molecule has 2 aromatic carbocycles. The summed E-state index contributed by atoms with van der Waals surface area (Å²) in [5, 5.41) is 2.80. The van der Waals surface area contributed by atoms with Gasteiger partial charge in [0.15, 0.2) is 8.24 Å². The van der Waals surface area contributed by atoms with Crippen molar-refractivity contribution in [3.63, 3.8) is 0 Å². The van der Waals surface area contributed by atoms with Crippen LogP contribution >= 0.6 is 7.05 Å². The van der Waals surface area contributed by atoms with Crippen LogP contribution in [0.25, 0.3) is 0 Å². The normalized spacial score (nSPS) is 12.4. The Hall–Kier alpha value is -0.299. The summed E-state index contributed by atoms with van der Waals surface area (Å²) < 4.78 is 5.60. The molecular weight excluding hydrogens is 336 g/mol. The maximum Gasteiger partial charge on any atom is 1.00 e. The van der Waals surface area contributed by atoms with Gasteiger partial charge in [-0.2, -0.15) is 0 Å². The van der Waals surface area contributed by atoms with Gasteiger partial charge in [-0.05, 0) is 10.6 Å². The van der Waals surface area contributed by atoms with Crippen LogP contribution in [0.2, 0.25) is 39.3 Å². The fraction of sp³-hybridized carbons (Fsp3) is 0.316. The van der Waals surface area contributed by atoms with Crippen molar-refractivity contribution in [3.05, 3.63) is 66.4 Å². The van der Waals surface area contributed by atoms with Gasteiger partial charge in [-0.3, -0.25) is 5.79 Å². The molecule has 0 saturated heterocycles. The minimum absolute atomic E-state index is 0. The van der Waals surface area contributed by atoms with E-state index in [0.717, 1.165) is 0 Å². The van der Waals surface area contributed by atoms with Crippen molar-refractivity contribution < 1.29 is 18.9 Å². The first-order valence-corrected chi connectivity index (χ1v) is 17.1. The van der Waals surface area contributed by atoms with Crippen LogP contribution < -0.4 is 29.5 Å². The van der Waals surface area contributed by atoms with Gasteiger partial charge in [0, 0.05) is 0 Å². The van der Waals surface area contributed by atoms with Crippen molar-refractivity contribution in [1.82, 2.24) is 0 Å². The maximum atomic E-state index is 5.60. The molecule has 0 amide bonds. The summed E-state index contributed by atoms with van der Waals surface area (Å²) in [4.78, 5) is 0. The van der Waals surface area contributed by atoms with Gasteiger partial charge in [0.1, 0.15) is 0 Å². The molecule has 1 nitrogen and oxygen atoms in total. The Bertz CT molecular complexity index is 645. The zero-order valence-corrected chi connectivity index (χ0v) is 19.1. The van der Waals surface area contributed by atoms with E-state index < -0.39 is 23.4 Å². The van der Waals surface area contributed by atoms with Crippen LogP contribution in [0.1, 0.15) is 0 Å². The average Bonchev–Trinajstić information content (AvgIpc) is 2.45. The van der Waals surface area contributed by atoms with Crippen molar-refractivity contribution in [3.8, 4) is 0 Å². The maximum absolute atomic E-state index is 5.60. The molecule has 5 heteroatoms. The SMILES string of the molecule is C[Si](C)(C)[CH-]P(=N[Si](C)(C)C)(c1ccccc1)c1ccccc1.[Li+]. The Balaban J connectivity index is 0.00000288. The van der Waals surface area contributed by atoms with Crippen molar-refractivity contribution in [2.24, 2.45) is 4.41 Å². The molecular formula is C19H29LiNPSi2. The molecule has 0 atom stereocenters. The van der Waals surface area contributed by atoms with Gasteiger partial charge in [-0.15, -0.1) is 7.05 Å². The fourth-order valence-electron chi connectivity index (χ4n) is 2.79. The molecule has 124 valence electrons. The van der Waals surface area contributed by atoms with E-state index in [1.807, 2.05) is 0 Å². The standard InChI is InChI=1S/C19H29NPSi2.Li/c1-22(2,3)17-21(20-23(4,5)6,18-13-9-7-10-14-18)19-15-11-8-12-16-19;/h7-17H,1-6H3;/q-1;+1. The molecule has 0 aromatic heterocycles. The van der Waals surface area contributed by atoms with E-state index in [9.17, 15) is 0 Å². The van der Waals surface area contributed by atoms with Gasteiger partial charge in [-0.1, -0.05) is 108 Å². The number of benzene rings is 2. The molecule has 24 heavy (non-hydrogen) atoms. The monoisotopic (exact) mass is 365 g/mol. The van der Waals surface area contributed by atoms with Crippen molar-refractivity contribution in [1.29, 1.82) is 0 Å². The van der Waals surface area contributed by atoms with Crippen LogP contribution in [0.4, 0.5) is 0 Å². The Morgan fingerprint density at radius 3 is 1.38 bits per heavy atom. The van der Waals surface area contributed by atoms with Crippen LogP contribution in [0.3, 0.4) is 0 Å². The third kappa shape index (κ3) is 5.90. The third-order valence-electron chi connectivity index (χ3n) is 3.33. The molecule has 0 heterocycles. The molecule has 0 radical (unpaired) electrons. The molecule has 0 spiro atoms. The predicted molar refractivity (Wildman–Crippen MR) is 112 cm³/mol. The summed E-state index contributed by atoms with van der Waals surface area (Å²) in [5.41, 5.74) is 0. The van der Waals surface area contributed by atoms with E-state index in [4.69, 9.17) is 4.41 Å². The van der Waals surface area contributed by atoms with Gasteiger partial charge in [0.25, 0.3) is 0 Å². The molecule has 0 aliphatic heterocycles. The number of nitrogens with zero attached hydrogens (tertiary/aromatic N) is 1. The third-order valence-corrected chi connectivity index (χ3v) is 13.8. The molecule has 0 fully saturated rings. The zero-order valence-electron chi connectivity index (χ0n) is 16.2. The Morgan fingerprint density at radius 1 is 0.708 bits per heavy atom. The van der Waals surface area contributed by atoms with E-state index in [-0.39, 0.29) is 18.9 Å². The predicted octanol–water partition coefficient (Wildman–Crippen LogP) is 2.72. The molecule has 0 aliphatic rings. The second kappa shape index (κ2) is 8.39. The first kappa shape index (κ1) is 21.7. The topological polar surface area (TPSA) is 12.4 Å². The summed E-state index contributed by atoms with van der Waals surface area (Å²) in [6.07, 6.45) is 0. The minimum atomic E-state index is -1.82. The van der Waals surface area contributed by atoms with Gasteiger partial charge in [-0.25, -0.2) is 0 Å². The first-order valence-electron chi connectivity index (χ1n) is 8.24. The number of hydrogen-bond acceptors (Lipinski definition) is 1. The van der Waals surface area contributed by atoms with Crippen molar-refractivity contribution in [2.75, 3.05) is 0 Å². The van der Waals surface area contributed by atoms with Crippen molar-refractivity contribution in [2.45, 2.75) is 39.3 Å². The second-order valence-corrected chi connectivity index (χ2v) is 21.4. The fourth-order valence-corrected chi connectivity index (χ4v) is 15.5. The molecule has 0 aliphatic carbocycles. The van der Waals surface area contributed by atoms with Crippen LogP contribution in [0.5, 0.6) is 0 Å². The first-order chi connectivity index (χ1) is 10.6. The summed E-state index contributed by atoms with van der Waals surface area (Å²) in [7, 11) is -4.82. The largest absolute Gasteiger partial charge is 1.00 e. The molecule has 0 N–H and O–H groups in total. The number of rotatable bonds is 5. The Labute approximate surface area is 162 Å². The molecule has 2 rings (SSSR count). The van der Waals surface area contributed by atoms with Crippen LogP contribution in [0, 0.1) is 5.79 Å². The van der Waals surface area contributed by atoms with E-state index in [0.29, 0.717) is 0 Å². The van der Waals surface area contributed by atoms with Gasteiger partial charge in [0.2, 0.25) is 0 Å². The average molecular weight is 366 g/mol. The van der Waals surface area contributed by atoms with Crippen LogP contribution in [-0.4, -0.2) is 16.3 Å².